The molecule has 1 aromatic carbocycles. The lowest BCUT2D eigenvalue weighted by molar-refractivity contribution is 0.0830. The fraction of sp³-hybridized carbons (Fsp3) is 0.0769. The second-order valence-electron chi connectivity index (χ2n) is 3.74. The van der Waals surface area contributed by atoms with Crippen LogP contribution in [0.3, 0.4) is 0 Å². The molecule has 0 bridgehead atoms. The number of rotatable bonds is 3. The molecule has 0 aliphatic carbocycles. The van der Waals surface area contributed by atoms with E-state index in [1.807, 2.05) is 0 Å². The van der Waals surface area contributed by atoms with Gasteiger partial charge in [-0.1, -0.05) is 0 Å². The van der Waals surface area contributed by atoms with Gasteiger partial charge in [-0.15, -0.1) is 0 Å². The minimum atomic E-state index is -0.544. The molecule has 7 heteroatoms. The highest BCUT2D eigenvalue weighted by Gasteiger charge is 2.12. The lowest BCUT2D eigenvalue weighted by atomic mass is 10.2. The summed E-state index contributed by atoms with van der Waals surface area (Å²) in [6.07, 6.45) is 0. The number of furan rings is 1. The highest BCUT2D eigenvalue weighted by Crippen LogP contribution is 2.13. The number of amides is 2. The number of carbonyl (C=O) groups is 2. The lowest BCUT2D eigenvalue weighted by Crippen LogP contribution is -2.41. The van der Waals surface area contributed by atoms with Crippen LogP contribution in [0.2, 0.25) is 0 Å². The highest BCUT2D eigenvalue weighted by molar-refractivity contribution is 9.10. The van der Waals surface area contributed by atoms with Crippen molar-refractivity contribution in [3.8, 4) is 5.75 Å². The van der Waals surface area contributed by atoms with Crippen LogP contribution in [0, 0.1) is 0 Å². The van der Waals surface area contributed by atoms with E-state index in [0.717, 1.165) is 0 Å². The van der Waals surface area contributed by atoms with Crippen molar-refractivity contribution < 1.29 is 18.7 Å². The third kappa shape index (κ3) is 3.39. The van der Waals surface area contributed by atoms with E-state index < -0.39 is 11.8 Å². The average molecular weight is 339 g/mol. The Morgan fingerprint density at radius 3 is 2.25 bits per heavy atom. The zero-order valence-corrected chi connectivity index (χ0v) is 12.1. The number of hydrogen-bond donors (Lipinski definition) is 2. The number of ether oxygens (including phenoxy) is 1. The smallest absolute Gasteiger partial charge is 0.305 e. The first-order chi connectivity index (χ1) is 9.60. The van der Waals surface area contributed by atoms with E-state index in [0.29, 0.717) is 16.0 Å². The Balaban J connectivity index is 1.92. The van der Waals surface area contributed by atoms with Crippen molar-refractivity contribution in [1.29, 1.82) is 0 Å². The molecule has 0 aliphatic heterocycles. The van der Waals surface area contributed by atoms with Crippen LogP contribution < -0.4 is 15.6 Å². The molecule has 104 valence electrons. The van der Waals surface area contributed by atoms with Crippen LogP contribution in [0.5, 0.6) is 5.75 Å². The maximum atomic E-state index is 11.8. The molecule has 1 heterocycles. The Morgan fingerprint density at radius 1 is 1.05 bits per heavy atom. The summed E-state index contributed by atoms with van der Waals surface area (Å²) >= 11 is 3.08. The Kier molecular flexibility index (Phi) is 4.41. The minimum absolute atomic E-state index is 0.0897. The van der Waals surface area contributed by atoms with Crippen LogP contribution in [0.15, 0.2) is 45.5 Å². The first kappa shape index (κ1) is 14.1. The van der Waals surface area contributed by atoms with Crippen molar-refractivity contribution in [3.63, 3.8) is 0 Å². The van der Waals surface area contributed by atoms with Gasteiger partial charge in [-0.25, -0.2) is 0 Å². The molecular weight excluding hydrogens is 328 g/mol. The molecule has 0 saturated heterocycles. The second-order valence-corrected chi connectivity index (χ2v) is 4.52. The van der Waals surface area contributed by atoms with Gasteiger partial charge in [0.05, 0.1) is 7.11 Å². The van der Waals surface area contributed by atoms with Crippen molar-refractivity contribution in [2.45, 2.75) is 0 Å². The Hall–Kier alpha value is -2.28. The third-order valence-electron chi connectivity index (χ3n) is 2.44. The predicted molar refractivity (Wildman–Crippen MR) is 74.3 cm³/mol. The summed E-state index contributed by atoms with van der Waals surface area (Å²) in [6.45, 7) is 0. The van der Waals surface area contributed by atoms with Crippen molar-refractivity contribution in [1.82, 2.24) is 10.9 Å². The summed E-state index contributed by atoms with van der Waals surface area (Å²) in [5, 5.41) is 0. The average Bonchev–Trinajstić information content (AvgIpc) is 2.91. The number of benzene rings is 1. The van der Waals surface area contributed by atoms with Crippen LogP contribution in [0.25, 0.3) is 0 Å². The van der Waals surface area contributed by atoms with Gasteiger partial charge in [0.1, 0.15) is 5.75 Å². The first-order valence-electron chi connectivity index (χ1n) is 5.60. The zero-order chi connectivity index (χ0) is 14.5. The molecule has 20 heavy (non-hydrogen) atoms. The molecule has 0 saturated carbocycles. The summed E-state index contributed by atoms with van der Waals surface area (Å²) in [6, 6.07) is 9.55. The molecule has 6 nitrogen and oxygen atoms in total. The van der Waals surface area contributed by atoms with Gasteiger partial charge < -0.3 is 9.15 Å². The molecule has 0 radical (unpaired) electrons. The Bertz CT molecular complexity index is 622. The molecule has 2 amide bonds. The van der Waals surface area contributed by atoms with Crippen molar-refractivity contribution in [3.05, 3.63) is 52.4 Å². The molecule has 0 fully saturated rings. The predicted octanol–water partition coefficient (Wildman–Crippen LogP) is 2.13. The van der Waals surface area contributed by atoms with Crippen molar-refractivity contribution in [2.75, 3.05) is 7.11 Å². The monoisotopic (exact) mass is 338 g/mol. The fourth-order valence-corrected chi connectivity index (χ4v) is 1.73. The van der Waals surface area contributed by atoms with Crippen LogP contribution in [-0.4, -0.2) is 18.9 Å². The van der Waals surface area contributed by atoms with E-state index in [4.69, 9.17) is 9.15 Å². The van der Waals surface area contributed by atoms with Gasteiger partial charge in [0.2, 0.25) is 0 Å². The van der Waals surface area contributed by atoms with Gasteiger partial charge in [-0.05, 0) is 52.3 Å². The standard InChI is InChI=1S/C13H11BrN2O4/c1-19-9-4-2-8(3-5-9)12(17)15-16-13(18)10-6-7-11(14)20-10/h2-7H,1H3,(H,15,17)(H,16,18). The lowest BCUT2D eigenvalue weighted by Gasteiger charge is -2.06. The highest BCUT2D eigenvalue weighted by atomic mass is 79.9. The number of carbonyl (C=O) groups excluding carboxylic acids is 2. The van der Waals surface area contributed by atoms with Gasteiger partial charge in [-0.3, -0.25) is 20.4 Å². The van der Waals surface area contributed by atoms with E-state index in [2.05, 4.69) is 26.8 Å². The number of nitrogens with one attached hydrogen (secondary N) is 2. The molecule has 2 rings (SSSR count). The van der Waals surface area contributed by atoms with Crippen LogP contribution in [-0.2, 0) is 0 Å². The van der Waals surface area contributed by atoms with Gasteiger partial charge in [0.15, 0.2) is 10.4 Å². The molecule has 2 N–H and O–H groups in total. The van der Waals surface area contributed by atoms with Crippen molar-refractivity contribution in [2.24, 2.45) is 0 Å². The SMILES string of the molecule is COc1ccc(C(=O)NNC(=O)c2ccc(Br)o2)cc1. The summed E-state index contributed by atoms with van der Waals surface area (Å²) in [7, 11) is 1.54. The summed E-state index contributed by atoms with van der Waals surface area (Å²) in [4.78, 5) is 23.4. The van der Waals surface area contributed by atoms with E-state index >= 15 is 0 Å². The second kappa shape index (κ2) is 6.25. The zero-order valence-electron chi connectivity index (χ0n) is 10.5. The first-order valence-corrected chi connectivity index (χ1v) is 6.39. The number of halogens is 1. The molecule has 1 aromatic heterocycles. The molecule has 0 aliphatic rings. The van der Waals surface area contributed by atoms with Gasteiger partial charge >= 0.3 is 5.91 Å². The molecule has 0 atom stereocenters. The summed E-state index contributed by atoms with van der Waals surface area (Å²) in [5.41, 5.74) is 4.94. The largest absolute Gasteiger partial charge is 0.497 e. The maximum Gasteiger partial charge on any atom is 0.305 e. The van der Waals surface area contributed by atoms with E-state index in [1.165, 1.54) is 13.2 Å². The van der Waals surface area contributed by atoms with E-state index in [-0.39, 0.29) is 5.76 Å². The van der Waals surface area contributed by atoms with Crippen molar-refractivity contribution >= 4 is 27.7 Å². The third-order valence-corrected chi connectivity index (χ3v) is 2.86. The van der Waals surface area contributed by atoms with E-state index in [1.54, 1.807) is 30.3 Å². The normalized spacial score (nSPS) is 9.90. The molecule has 0 spiro atoms. The number of hydrazine groups is 1. The topological polar surface area (TPSA) is 80.6 Å². The van der Waals surface area contributed by atoms with Gasteiger partial charge in [-0.2, -0.15) is 0 Å². The van der Waals surface area contributed by atoms with Gasteiger partial charge in [0, 0.05) is 5.56 Å². The maximum absolute atomic E-state index is 11.8. The molecule has 0 unspecified atom stereocenters. The molecule has 2 aromatic rings. The summed E-state index contributed by atoms with van der Waals surface area (Å²) in [5.74, 6) is -0.248. The van der Waals surface area contributed by atoms with E-state index in [9.17, 15) is 9.59 Å². The Morgan fingerprint density at radius 2 is 1.70 bits per heavy atom. The van der Waals surface area contributed by atoms with Gasteiger partial charge in [0.25, 0.3) is 5.91 Å². The number of methoxy groups -OCH3 is 1. The van der Waals surface area contributed by atoms with Crippen LogP contribution in [0.4, 0.5) is 0 Å². The minimum Gasteiger partial charge on any atom is -0.497 e. The Labute approximate surface area is 123 Å². The van der Waals surface area contributed by atoms with Crippen LogP contribution >= 0.6 is 15.9 Å². The quantitative estimate of drug-likeness (QED) is 0.840. The number of hydrogen-bond acceptors (Lipinski definition) is 4. The fourth-order valence-electron chi connectivity index (χ4n) is 1.43. The van der Waals surface area contributed by atoms with Crippen LogP contribution in [0.1, 0.15) is 20.9 Å². The summed E-state index contributed by atoms with van der Waals surface area (Å²) < 4.78 is 10.5. The molecular formula is C13H11BrN2O4.